The second-order valence-electron chi connectivity index (χ2n) is 13.6. The van der Waals surface area contributed by atoms with Crippen molar-refractivity contribution in [2.24, 2.45) is 0 Å². The molecule has 4 N–H and O–H groups in total. The average Bonchev–Trinajstić information content (AvgIpc) is 3.09. The van der Waals surface area contributed by atoms with Gasteiger partial charge in [0.05, 0.1) is 6.61 Å². The minimum absolute atomic E-state index is 0.150. The lowest BCUT2D eigenvalue weighted by molar-refractivity contribution is -0.297. The number of hydrogen-bond acceptors (Lipinski definition) is 11. The summed E-state index contributed by atoms with van der Waals surface area (Å²) in [5.74, 6) is -2.00. The Morgan fingerprint density at radius 1 is 0.667 bits per heavy atom. The van der Waals surface area contributed by atoms with Gasteiger partial charge in [0.2, 0.25) is 0 Å². The first-order valence-electron chi connectivity index (χ1n) is 19.4. The van der Waals surface area contributed by atoms with E-state index in [1.807, 2.05) is 0 Å². The standard InChI is InChI=1S/C38H68O12S/c1-3-5-7-9-11-13-14-15-16-17-18-19-21-23-25-27-34(40)49-31(28-47-33(39)26-24-22-20-12-10-8-6-4-2)29-48-38-37(43)36(42)35(41)32(50-38)30-51(44,45)46/h11,13,15-16,31-32,35-38,41-43H,3-10,12,14,17-30H2,1-2H3,(H,44,45,46)/b13-11+,16-15+/t31-,32-,35-,36?,37?,38+/m1/s1. The number of unbranched alkanes of at least 4 members (excludes halogenated alkanes) is 15. The van der Waals surface area contributed by atoms with Crippen LogP contribution in [-0.2, 0) is 38.7 Å². The smallest absolute Gasteiger partial charge is 0.306 e. The Labute approximate surface area is 307 Å². The minimum atomic E-state index is -4.59. The zero-order chi connectivity index (χ0) is 37.7. The molecule has 0 aromatic carbocycles. The number of carbonyl (C=O) groups excluding carboxylic acids is 2. The maximum Gasteiger partial charge on any atom is 0.306 e. The highest BCUT2D eigenvalue weighted by atomic mass is 32.2. The third-order valence-corrected chi connectivity index (χ3v) is 9.53. The van der Waals surface area contributed by atoms with Gasteiger partial charge < -0.3 is 34.3 Å². The van der Waals surface area contributed by atoms with Gasteiger partial charge in [-0.1, -0.05) is 115 Å². The zero-order valence-corrected chi connectivity index (χ0v) is 32.0. The van der Waals surface area contributed by atoms with Crippen LogP contribution < -0.4 is 0 Å². The molecule has 0 radical (unpaired) electrons. The van der Waals surface area contributed by atoms with E-state index in [1.54, 1.807) is 0 Å². The van der Waals surface area contributed by atoms with Crippen molar-refractivity contribution in [3.8, 4) is 0 Å². The Bertz CT molecular complexity index is 1060. The van der Waals surface area contributed by atoms with Crippen LogP contribution in [0.5, 0.6) is 0 Å². The Morgan fingerprint density at radius 3 is 1.76 bits per heavy atom. The zero-order valence-electron chi connectivity index (χ0n) is 31.2. The molecule has 1 fully saturated rings. The first-order valence-corrected chi connectivity index (χ1v) is 21.0. The van der Waals surface area contributed by atoms with Crippen LogP contribution in [0.1, 0.15) is 149 Å². The third kappa shape index (κ3) is 24.9. The average molecular weight is 749 g/mol. The Morgan fingerprint density at radius 2 is 1.18 bits per heavy atom. The van der Waals surface area contributed by atoms with Gasteiger partial charge in [0.25, 0.3) is 10.1 Å². The van der Waals surface area contributed by atoms with Crippen LogP contribution in [0.25, 0.3) is 0 Å². The van der Waals surface area contributed by atoms with Crippen LogP contribution in [-0.4, -0.2) is 96.0 Å². The summed E-state index contributed by atoms with van der Waals surface area (Å²) in [7, 11) is -4.59. The predicted octanol–water partition coefficient (Wildman–Crippen LogP) is 6.50. The van der Waals surface area contributed by atoms with Crippen LogP contribution in [0.15, 0.2) is 24.3 Å². The van der Waals surface area contributed by atoms with Gasteiger partial charge in [-0.15, -0.1) is 0 Å². The van der Waals surface area contributed by atoms with Crippen LogP contribution in [0, 0.1) is 0 Å². The van der Waals surface area contributed by atoms with E-state index in [2.05, 4.69) is 38.2 Å². The molecule has 0 bridgehead atoms. The van der Waals surface area contributed by atoms with Gasteiger partial charge in [-0.05, 0) is 44.9 Å². The molecule has 1 aliphatic heterocycles. The quantitative estimate of drug-likeness (QED) is 0.0262. The molecule has 0 amide bonds. The van der Waals surface area contributed by atoms with Gasteiger partial charge in [0.1, 0.15) is 36.8 Å². The van der Waals surface area contributed by atoms with E-state index in [0.29, 0.717) is 12.8 Å². The predicted molar refractivity (Wildman–Crippen MR) is 196 cm³/mol. The van der Waals surface area contributed by atoms with E-state index in [-0.39, 0.29) is 19.4 Å². The number of carbonyl (C=O) groups is 2. The SMILES string of the molecule is CCCCC/C=C/C/C=C/CCCCCCCC(=O)O[C@H](COC(=O)CCCCCCCCCC)CO[C@H]1O[C@H](CS(=O)(=O)O)[C@@H](O)C(O)C1O. The normalized spacial score (nSPS) is 21.7. The molecule has 1 saturated heterocycles. The molecule has 51 heavy (non-hydrogen) atoms. The summed E-state index contributed by atoms with van der Waals surface area (Å²) in [6.45, 7) is 3.65. The fourth-order valence-electron chi connectivity index (χ4n) is 5.70. The van der Waals surface area contributed by atoms with E-state index in [1.165, 1.54) is 44.9 Å². The van der Waals surface area contributed by atoms with Crippen molar-refractivity contribution < 1.29 is 56.8 Å². The first kappa shape index (κ1) is 47.2. The third-order valence-electron chi connectivity index (χ3n) is 8.78. The molecule has 0 aromatic rings. The molecule has 1 rings (SSSR count). The molecule has 2 unspecified atom stereocenters. The first-order chi connectivity index (χ1) is 24.5. The molecule has 0 aromatic heterocycles. The van der Waals surface area contributed by atoms with Crippen molar-refractivity contribution in [1.29, 1.82) is 0 Å². The number of hydrogen-bond donors (Lipinski definition) is 4. The van der Waals surface area contributed by atoms with E-state index < -0.39 is 71.2 Å². The molecule has 0 saturated carbocycles. The number of rotatable bonds is 31. The van der Waals surface area contributed by atoms with Crippen LogP contribution in [0.4, 0.5) is 0 Å². The Balaban J connectivity index is 2.52. The highest BCUT2D eigenvalue weighted by molar-refractivity contribution is 7.85. The van der Waals surface area contributed by atoms with Crippen molar-refractivity contribution in [2.75, 3.05) is 19.0 Å². The molecule has 6 atom stereocenters. The lowest BCUT2D eigenvalue weighted by atomic mass is 10.00. The number of aliphatic hydroxyl groups is 3. The van der Waals surface area contributed by atoms with Crippen molar-refractivity contribution in [3.63, 3.8) is 0 Å². The van der Waals surface area contributed by atoms with Crippen LogP contribution >= 0.6 is 0 Å². The van der Waals surface area contributed by atoms with Gasteiger partial charge in [0.15, 0.2) is 12.4 Å². The fourth-order valence-corrected chi connectivity index (χ4v) is 6.40. The van der Waals surface area contributed by atoms with E-state index in [9.17, 15) is 37.9 Å². The van der Waals surface area contributed by atoms with Gasteiger partial charge in [-0.2, -0.15) is 8.42 Å². The molecule has 13 heteroatoms. The molecular formula is C38H68O12S. The highest BCUT2D eigenvalue weighted by Crippen LogP contribution is 2.24. The molecule has 0 aliphatic carbocycles. The largest absolute Gasteiger partial charge is 0.462 e. The van der Waals surface area contributed by atoms with Crippen molar-refractivity contribution in [2.45, 2.75) is 185 Å². The second kappa shape index (κ2) is 29.6. The summed E-state index contributed by atoms with van der Waals surface area (Å²) >= 11 is 0. The number of aliphatic hydroxyl groups excluding tert-OH is 3. The maximum absolute atomic E-state index is 12.7. The maximum atomic E-state index is 12.7. The summed E-state index contributed by atoms with van der Waals surface area (Å²) < 4.78 is 53.7. The summed E-state index contributed by atoms with van der Waals surface area (Å²) in [6, 6.07) is 0. The number of esters is 2. The fraction of sp³-hybridized carbons (Fsp3) is 0.842. The topological polar surface area (TPSA) is 186 Å². The van der Waals surface area contributed by atoms with Gasteiger partial charge in [0, 0.05) is 12.8 Å². The lowest BCUT2D eigenvalue weighted by Gasteiger charge is -2.40. The van der Waals surface area contributed by atoms with Crippen molar-refractivity contribution >= 4 is 22.1 Å². The Kier molecular flexibility index (Phi) is 27.3. The van der Waals surface area contributed by atoms with Crippen LogP contribution in [0.3, 0.4) is 0 Å². The monoisotopic (exact) mass is 748 g/mol. The summed E-state index contributed by atoms with van der Waals surface area (Å²) in [6.07, 6.45) is 19.7. The van der Waals surface area contributed by atoms with Crippen molar-refractivity contribution in [1.82, 2.24) is 0 Å². The second-order valence-corrected chi connectivity index (χ2v) is 15.1. The lowest BCUT2D eigenvalue weighted by Crippen LogP contribution is -2.60. The Hall–Kier alpha value is -1.87. The molecule has 1 aliphatic rings. The molecular weight excluding hydrogens is 680 g/mol. The summed E-state index contributed by atoms with van der Waals surface area (Å²) in [4.78, 5) is 25.1. The summed E-state index contributed by atoms with van der Waals surface area (Å²) in [5.41, 5.74) is 0. The number of allylic oxidation sites excluding steroid dienone is 4. The van der Waals surface area contributed by atoms with Gasteiger partial charge in [-0.25, -0.2) is 0 Å². The molecule has 12 nitrogen and oxygen atoms in total. The van der Waals surface area contributed by atoms with E-state index in [4.69, 9.17) is 18.9 Å². The van der Waals surface area contributed by atoms with E-state index in [0.717, 1.165) is 64.2 Å². The van der Waals surface area contributed by atoms with E-state index >= 15 is 0 Å². The van der Waals surface area contributed by atoms with Gasteiger partial charge >= 0.3 is 11.9 Å². The van der Waals surface area contributed by atoms with Crippen molar-refractivity contribution in [3.05, 3.63) is 24.3 Å². The van der Waals surface area contributed by atoms with Crippen LogP contribution in [0.2, 0.25) is 0 Å². The molecule has 1 heterocycles. The molecule has 298 valence electrons. The minimum Gasteiger partial charge on any atom is -0.462 e. The highest BCUT2D eigenvalue weighted by Gasteiger charge is 2.46. The summed E-state index contributed by atoms with van der Waals surface area (Å²) in [5, 5.41) is 30.7. The number of ether oxygens (including phenoxy) is 4. The van der Waals surface area contributed by atoms with Gasteiger partial charge in [-0.3, -0.25) is 14.1 Å². The molecule has 0 spiro atoms.